The third kappa shape index (κ3) is 2.44. The molecule has 0 aromatic heterocycles. The van der Waals surface area contributed by atoms with Crippen LogP contribution in [0.5, 0.6) is 5.75 Å². The normalized spacial score (nSPS) is 9.50. The SMILES string of the molecule is CCOCOc1cccc(F)c1C#N. The highest BCUT2D eigenvalue weighted by Gasteiger charge is 2.07. The monoisotopic (exact) mass is 195 g/mol. The molecule has 0 spiro atoms. The first-order valence-corrected chi connectivity index (χ1v) is 4.18. The molecule has 0 N–H and O–H groups in total. The summed E-state index contributed by atoms with van der Waals surface area (Å²) in [6.45, 7) is 2.35. The second-order valence-corrected chi connectivity index (χ2v) is 2.48. The largest absolute Gasteiger partial charge is 0.466 e. The Kier molecular flexibility index (Phi) is 3.89. The highest BCUT2D eigenvalue weighted by molar-refractivity contribution is 5.43. The molecule has 0 bridgehead atoms. The predicted molar refractivity (Wildman–Crippen MR) is 48.2 cm³/mol. The van der Waals surface area contributed by atoms with Crippen LogP contribution in [-0.4, -0.2) is 13.4 Å². The first-order chi connectivity index (χ1) is 6.79. The molecule has 0 unspecified atom stereocenters. The fraction of sp³-hybridized carbons (Fsp3) is 0.300. The average Bonchev–Trinajstić information content (AvgIpc) is 2.18. The van der Waals surface area contributed by atoms with Gasteiger partial charge >= 0.3 is 0 Å². The van der Waals surface area contributed by atoms with Gasteiger partial charge in [0.1, 0.15) is 23.2 Å². The predicted octanol–water partition coefficient (Wildman–Crippen LogP) is 2.07. The van der Waals surface area contributed by atoms with E-state index in [-0.39, 0.29) is 18.1 Å². The Morgan fingerprint density at radius 2 is 2.29 bits per heavy atom. The Balaban J connectivity index is 2.76. The van der Waals surface area contributed by atoms with Crippen molar-refractivity contribution in [2.24, 2.45) is 0 Å². The maximum Gasteiger partial charge on any atom is 0.189 e. The van der Waals surface area contributed by atoms with Crippen molar-refractivity contribution in [3.63, 3.8) is 0 Å². The third-order valence-corrected chi connectivity index (χ3v) is 1.59. The lowest BCUT2D eigenvalue weighted by Gasteiger charge is -2.07. The average molecular weight is 195 g/mol. The third-order valence-electron chi connectivity index (χ3n) is 1.59. The van der Waals surface area contributed by atoms with Crippen LogP contribution in [0.3, 0.4) is 0 Å². The zero-order chi connectivity index (χ0) is 10.4. The van der Waals surface area contributed by atoms with Crippen molar-refractivity contribution in [2.75, 3.05) is 13.4 Å². The van der Waals surface area contributed by atoms with E-state index in [9.17, 15) is 4.39 Å². The van der Waals surface area contributed by atoms with Gasteiger partial charge in [0.25, 0.3) is 0 Å². The lowest BCUT2D eigenvalue weighted by atomic mass is 10.2. The van der Waals surface area contributed by atoms with Crippen LogP contribution >= 0.6 is 0 Å². The second kappa shape index (κ2) is 5.20. The molecule has 74 valence electrons. The zero-order valence-corrected chi connectivity index (χ0v) is 7.79. The van der Waals surface area contributed by atoms with Crippen LogP contribution in [0.1, 0.15) is 12.5 Å². The van der Waals surface area contributed by atoms with Gasteiger partial charge in [-0.1, -0.05) is 6.07 Å². The first kappa shape index (κ1) is 10.5. The summed E-state index contributed by atoms with van der Waals surface area (Å²) >= 11 is 0. The molecule has 0 saturated carbocycles. The summed E-state index contributed by atoms with van der Waals surface area (Å²) in [6.07, 6.45) is 0. The summed E-state index contributed by atoms with van der Waals surface area (Å²) in [4.78, 5) is 0. The molecule has 0 fully saturated rings. The van der Waals surface area contributed by atoms with E-state index < -0.39 is 5.82 Å². The molecule has 0 atom stereocenters. The van der Waals surface area contributed by atoms with Crippen molar-refractivity contribution in [1.82, 2.24) is 0 Å². The van der Waals surface area contributed by atoms with E-state index in [1.807, 2.05) is 6.92 Å². The minimum atomic E-state index is -0.582. The summed E-state index contributed by atoms with van der Waals surface area (Å²) in [5.74, 6) is -0.373. The van der Waals surface area contributed by atoms with E-state index in [1.54, 1.807) is 6.07 Å². The van der Waals surface area contributed by atoms with Gasteiger partial charge in [-0.05, 0) is 19.1 Å². The van der Waals surface area contributed by atoms with Crippen molar-refractivity contribution < 1.29 is 13.9 Å². The highest BCUT2D eigenvalue weighted by atomic mass is 19.1. The smallest absolute Gasteiger partial charge is 0.189 e. The summed E-state index contributed by atoms with van der Waals surface area (Å²) < 4.78 is 23.0. The second-order valence-electron chi connectivity index (χ2n) is 2.48. The van der Waals surface area contributed by atoms with Crippen LogP contribution in [0, 0.1) is 17.1 Å². The van der Waals surface area contributed by atoms with Crippen molar-refractivity contribution in [3.05, 3.63) is 29.6 Å². The van der Waals surface area contributed by atoms with Crippen molar-refractivity contribution in [2.45, 2.75) is 6.92 Å². The molecule has 0 saturated heterocycles. The van der Waals surface area contributed by atoms with Gasteiger partial charge in [0, 0.05) is 6.61 Å². The number of hydrogen-bond donors (Lipinski definition) is 0. The Labute approximate surface area is 81.7 Å². The fourth-order valence-electron chi connectivity index (χ4n) is 0.922. The van der Waals surface area contributed by atoms with Gasteiger partial charge in [-0.15, -0.1) is 0 Å². The maximum atomic E-state index is 13.0. The van der Waals surface area contributed by atoms with Crippen molar-refractivity contribution >= 4 is 0 Å². The van der Waals surface area contributed by atoms with Crippen LogP contribution in [0.15, 0.2) is 18.2 Å². The standard InChI is InChI=1S/C10H10FNO2/c1-2-13-7-14-10-5-3-4-9(11)8(10)6-12/h3-5H,2,7H2,1H3. The first-order valence-electron chi connectivity index (χ1n) is 4.18. The molecule has 0 aliphatic carbocycles. The number of ether oxygens (including phenoxy) is 2. The minimum absolute atomic E-state index is 0.0225. The quantitative estimate of drug-likeness (QED) is 0.545. The van der Waals surface area contributed by atoms with Crippen LogP contribution in [-0.2, 0) is 4.74 Å². The van der Waals surface area contributed by atoms with Crippen LogP contribution < -0.4 is 4.74 Å². The molecule has 1 rings (SSSR count). The number of benzene rings is 1. The van der Waals surface area contributed by atoms with E-state index in [2.05, 4.69) is 0 Å². The van der Waals surface area contributed by atoms with Gasteiger partial charge in [0.15, 0.2) is 6.79 Å². The molecule has 1 aromatic carbocycles. The lowest BCUT2D eigenvalue weighted by molar-refractivity contribution is 0.0220. The molecular weight excluding hydrogens is 185 g/mol. The van der Waals surface area contributed by atoms with Crippen molar-refractivity contribution in [1.29, 1.82) is 5.26 Å². The Morgan fingerprint density at radius 3 is 2.93 bits per heavy atom. The van der Waals surface area contributed by atoms with Gasteiger partial charge in [-0.2, -0.15) is 5.26 Å². The van der Waals surface area contributed by atoms with Gasteiger partial charge < -0.3 is 9.47 Å². The lowest BCUT2D eigenvalue weighted by Crippen LogP contribution is -2.03. The van der Waals surface area contributed by atoms with E-state index in [0.717, 1.165) is 0 Å². The van der Waals surface area contributed by atoms with Gasteiger partial charge in [-0.3, -0.25) is 0 Å². The summed E-state index contributed by atoms with van der Waals surface area (Å²) in [7, 11) is 0. The highest BCUT2D eigenvalue weighted by Crippen LogP contribution is 2.19. The Bertz CT molecular complexity index is 346. The maximum absolute atomic E-state index is 13.0. The molecule has 14 heavy (non-hydrogen) atoms. The topological polar surface area (TPSA) is 42.2 Å². The minimum Gasteiger partial charge on any atom is -0.466 e. The van der Waals surface area contributed by atoms with E-state index in [1.165, 1.54) is 18.2 Å². The van der Waals surface area contributed by atoms with Gasteiger partial charge in [0.05, 0.1) is 0 Å². The molecule has 3 nitrogen and oxygen atoms in total. The fourth-order valence-corrected chi connectivity index (χ4v) is 0.922. The molecule has 0 radical (unpaired) electrons. The molecule has 0 heterocycles. The van der Waals surface area contributed by atoms with Crippen LogP contribution in [0.2, 0.25) is 0 Å². The molecule has 1 aromatic rings. The number of nitriles is 1. The summed E-state index contributed by atoms with van der Waals surface area (Å²) in [5.41, 5.74) is -0.0906. The molecular formula is C10H10FNO2. The van der Waals surface area contributed by atoms with Crippen LogP contribution in [0.4, 0.5) is 4.39 Å². The van der Waals surface area contributed by atoms with Crippen LogP contribution in [0.25, 0.3) is 0 Å². The zero-order valence-electron chi connectivity index (χ0n) is 7.79. The summed E-state index contributed by atoms with van der Waals surface area (Å²) in [6, 6.07) is 5.96. The van der Waals surface area contributed by atoms with E-state index >= 15 is 0 Å². The number of hydrogen-bond acceptors (Lipinski definition) is 3. The molecule has 4 heteroatoms. The summed E-state index contributed by atoms with van der Waals surface area (Å²) in [5, 5.41) is 8.64. The number of rotatable bonds is 4. The number of halogens is 1. The Morgan fingerprint density at radius 1 is 1.50 bits per heavy atom. The van der Waals surface area contributed by atoms with E-state index in [0.29, 0.717) is 6.61 Å². The van der Waals surface area contributed by atoms with Gasteiger partial charge in [-0.25, -0.2) is 4.39 Å². The Hall–Kier alpha value is -1.60. The molecule has 0 aliphatic rings. The molecule has 0 amide bonds. The van der Waals surface area contributed by atoms with E-state index in [4.69, 9.17) is 14.7 Å². The molecule has 0 aliphatic heterocycles. The number of nitrogens with zero attached hydrogens (tertiary/aromatic N) is 1. The van der Waals surface area contributed by atoms with Crippen molar-refractivity contribution in [3.8, 4) is 11.8 Å². The van der Waals surface area contributed by atoms with Gasteiger partial charge in [0.2, 0.25) is 0 Å².